The highest BCUT2D eigenvalue weighted by Gasteiger charge is 2.06. The van der Waals surface area contributed by atoms with E-state index in [4.69, 9.17) is 0 Å². The molecule has 0 atom stereocenters. The van der Waals surface area contributed by atoms with Crippen molar-refractivity contribution in [2.75, 3.05) is 46.3 Å². The molecule has 134 valence electrons. The third kappa shape index (κ3) is 16.2. The van der Waals surface area contributed by atoms with Crippen LogP contribution in [0.3, 0.4) is 0 Å². The minimum absolute atomic E-state index is 0.246. The van der Waals surface area contributed by atoms with E-state index in [2.05, 4.69) is 62.5 Å². The van der Waals surface area contributed by atoms with Gasteiger partial charge in [0.2, 0.25) is 0 Å². The van der Waals surface area contributed by atoms with Crippen LogP contribution >= 0.6 is 0 Å². The molecule has 0 aliphatic carbocycles. The fourth-order valence-corrected chi connectivity index (χ4v) is 2.14. The van der Waals surface area contributed by atoms with E-state index in [1.54, 1.807) is 0 Å². The Morgan fingerprint density at radius 2 is 1.27 bits per heavy atom. The van der Waals surface area contributed by atoms with E-state index < -0.39 is 0 Å². The number of rotatable bonds is 14. The molecule has 4 nitrogen and oxygen atoms in total. The van der Waals surface area contributed by atoms with Crippen LogP contribution in [0, 0.1) is 0 Å². The van der Waals surface area contributed by atoms with Crippen molar-refractivity contribution in [2.45, 2.75) is 71.9 Å². The largest absolute Gasteiger partial charge is 0.317 e. The zero-order chi connectivity index (χ0) is 16.8. The van der Waals surface area contributed by atoms with Gasteiger partial charge in [0.15, 0.2) is 0 Å². The Labute approximate surface area is 139 Å². The fourth-order valence-electron chi connectivity index (χ4n) is 2.14. The van der Waals surface area contributed by atoms with E-state index in [1.807, 2.05) is 0 Å². The monoisotopic (exact) mass is 314 g/mol. The molecule has 0 radical (unpaired) electrons. The van der Waals surface area contributed by atoms with E-state index in [-0.39, 0.29) is 5.54 Å². The number of hydrogen-bond acceptors (Lipinski definition) is 4. The number of nitrogens with zero attached hydrogens (tertiary/aromatic N) is 1. The Kier molecular flexibility index (Phi) is 13.2. The van der Waals surface area contributed by atoms with Crippen LogP contribution < -0.4 is 16.0 Å². The van der Waals surface area contributed by atoms with Gasteiger partial charge in [-0.25, -0.2) is 0 Å². The van der Waals surface area contributed by atoms with Crippen molar-refractivity contribution < 1.29 is 0 Å². The topological polar surface area (TPSA) is 39.3 Å². The summed E-state index contributed by atoms with van der Waals surface area (Å²) in [4.78, 5) is 2.40. The Hall–Kier alpha value is -0.160. The molecule has 0 aliphatic heterocycles. The lowest BCUT2D eigenvalue weighted by Gasteiger charge is -2.20. The molecular formula is C18H42N4. The van der Waals surface area contributed by atoms with Crippen LogP contribution in [0.15, 0.2) is 0 Å². The summed E-state index contributed by atoms with van der Waals surface area (Å²) < 4.78 is 0. The molecule has 0 unspecified atom stereocenters. The van der Waals surface area contributed by atoms with E-state index in [1.165, 1.54) is 32.2 Å². The molecule has 0 aliphatic rings. The second-order valence-electron chi connectivity index (χ2n) is 7.67. The summed E-state index contributed by atoms with van der Waals surface area (Å²) >= 11 is 0. The average molecular weight is 315 g/mol. The van der Waals surface area contributed by atoms with Gasteiger partial charge in [0.05, 0.1) is 0 Å². The lowest BCUT2D eigenvalue weighted by Crippen LogP contribution is -2.37. The highest BCUT2D eigenvalue weighted by molar-refractivity contribution is 4.69. The normalized spacial score (nSPS) is 12.5. The quantitative estimate of drug-likeness (QED) is 0.431. The van der Waals surface area contributed by atoms with Crippen LogP contribution in [0.1, 0.15) is 60.3 Å². The van der Waals surface area contributed by atoms with Crippen LogP contribution in [0.2, 0.25) is 0 Å². The molecule has 0 saturated carbocycles. The summed E-state index contributed by atoms with van der Waals surface area (Å²) in [6.07, 6.45) is 4.99. The van der Waals surface area contributed by atoms with Gasteiger partial charge < -0.3 is 20.9 Å². The number of nitrogens with one attached hydrogen (secondary N) is 3. The minimum Gasteiger partial charge on any atom is -0.317 e. The zero-order valence-corrected chi connectivity index (χ0v) is 16.1. The van der Waals surface area contributed by atoms with Crippen molar-refractivity contribution >= 4 is 0 Å². The molecule has 0 rings (SSSR count). The predicted molar refractivity (Wildman–Crippen MR) is 99.7 cm³/mol. The van der Waals surface area contributed by atoms with Crippen LogP contribution in [-0.4, -0.2) is 62.8 Å². The van der Waals surface area contributed by atoms with Crippen molar-refractivity contribution in [3.05, 3.63) is 0 Å². The van der Waals surface area contributed by atoms with Gasteiger partial charge in [-0.2, -0.15) is 0 Å². The fraction of sp³-hybridized carbons (Fsp3) is 1.00. The van der Waals surface area contributed by atoms with E-state index >= 15 is 0 Å². The highest BCUT2D eigenvalue weighted by Crippen LogP contribution is 1.97. The van der Waals surface area contributed by atoms with E-state index in [0.717, 1.165) is 32.7 Å². The van der Waals surface area contributed by atoms with Crippen LogP contribution in [0.4, 0.5) is 0 Å². The van der Waals surface area contributed by atoms with Crippen molar-refractivity contribution in [2.24, 2.45) is 0 Å². The molecule has 0 aromatic carbocycles. The molecular weight excluding hydrogens is 272 g/mol. The lowest BCUT2D eigenvalue weighted by atomic mass is 10.1. The first kappa shape index (κ1) is 21.8. The lowest BCUT2D eigenvalue weighted by molar-refractivity contribution is 0.269. The maximum Gasteiger partial charge on any atom is 0.00965 e. The van der Waals surface area contributed by atoms with Gasteiger partial charge in [-0.15, -0.1) is 0 Å². The first-order chi connectivity index (χ1) is 10.3. The van der Waals surface area contributed by atoms with Crippen LogP contribution in [0.25, 0.3) is 0 Å². The van der Waals surface area contributed by atoms with Gasteiger partial charge >= 0.3 is 0 Å². The Balaban J connectivity index is 3.12. The third-order valence-electron chi connectivity index (χ3n) is 3.89. The number of hydrogen-bond donors (Lipinski definition) is 3. The maximum absolute atomic E-state index is 3.54. The molecule has 0 fully saturated rings. The van der Waals surface area contributed by atoms with Crippen molar-refractivity contribution in [1.82, 2.24) is 20.9 Å². The van der Waals surface area contributed by atoms with Crippen LogP contribution in [-0.2, 0) is 0 Å². The molecule has 22 heavy (non-hydrogen) atoms. The predicted octanol–water partition coefficient (Wildman–Crippen LogP) is 2.45. The van der Waals surface area contributed by atoms with Crippen molar-refractivity contribution in [1.29, 1.82) is 0 Å². The molecule has 3 N–H and O–H groups in total. The van der Waals surface area contributed by atoms with E-state index in [9.17, 15) is 0 Å². The summed E-state index contributed by atoms with van der Waals surface area (Å²) in [6.45, 7) is 18.0. The Bertz CT molecular complexity index is 236. The summed E-state index contributed by atoms with van der Waals surface area (Å²) in [5, 5.41) is 10.6. The van der Waals surface area contributed by atoms with Gasteiger partial charge in [0.1, 0.15) is 0 Å². The summed E-state index contributed by atoms with van der Waals surface area (Å²) in [5.74, 6) is 0. The average Bonchev–Trinajstić information content (AvgIpc) is 2.42. The van der Waals surface area contributed by atoms with Gasteiger partial charge in [0, 0.05) is 11.6 Å². The molecule has 0 aromatic rings. The molecule has 0 aromatic heterocycles. The molecule has 0 spiro atoms. The standard InChI is InChI=1S/C18H42N4/c1-17(2)22(6)16-10-14-20-12-8-7-11-19-13-9-15-21-18(3,4)5/h17,19-21H,7-16H2,1-6H3. The third-order valence-corrected chi connectivity index (χ3v) is 3.89. The van der Waals surface area contributed by atoms with Crippen molar-refractivity contribution in [3.63, 3.8) is 0 Å². The molecule has 0 saturated heterocycles. The maximum atomic E-state index is 3.54. The first-order valence-corrected chi connectivity index (χ1v) is 9.19. The SMILES string of the molecule is CC(C)N(C)CCCNCCCCNCCCNC(C)(C)C. The summed E-state index contributed by atoms with van der Waals surface area (Å²) in [7, 11) is 2.20. The summed E-state index contributed by atoms with van der Waals surface area (Å²) in [6, 6.07) is 0.657. The van der Waals surface area contributed by atoms with E-state index in [0.29, 0.717) is 6.04 Å². The molecule has 0 bridgehead atoms. The van der Waals surface area contributed by atoms with Gasteiger partial charge in [-0.1, -0.05) is 0 Å². The molecule has 4 heteroatoms. The molecule has 0 amide bonds. The zero-order valence-electron chi connectivity index (χ0n) is 16.1. The second kappa shape index (κ2) is 13.3. The van der Waals surface area contributed by atoms with Gasteiger partial charge in [-0.3, -0.25) is 0 Å². The second-order valence-corrected chi connectivity index (χ2v) is 7.67. The first-order valence-electron chi connectivity index (χ1n) is 9.19. The van der Waals surface area contributed by atoms with Crippen molar-refractivity contribution in [3.8, 4) is 0 Å². The smallest absolute Gasteiger partial charge is 0.00965 e. The highest BCUT2D eigenvalue weighted by atomic mass is 15.1. The van der Waals surface area contributed by atoms with Gasteiger partial charge in [-0.05, 0) is 107 Å². The van der Waals surface area contributed by atoms with Gasteiger partial charge in [0.25, 0.3) is 0 Å². The molecule has 0 heterocycles. The summed E-state index contributed by atoms with van der Waals surface area (Å²) in [5.41, 5.74) is 0.246. The Morgan fingerprint density at radius 1 is 0.773 bits per heavy atom. The Morgan fingerprint density at radius 3 is 1.77 bits per heavy atom. The number of unbranched alkanes of at least 4 members (excludes halogenated alkanes) is 1. The minimum atomic E-state index is 0.246. The van der Waals surface area contributed by atoms with Crippen LogP contribution in [0.5, 0.6) is 0 Å².